The van der Waals surface area contributed by atoms with Crippen LogP contribution in [0.15, 0.2) is 18.3 Å². The zero-order valence-electron chi connectivity index (χ0n) is 8.00. The molecule has 0 bridgehead atoms. The fourth-order valence-electron chi connectivity index (χ4n) is 0.960. The second kappa shape index (κ2) is 4.67. The Morgan fingerprint density at radius 3 is 2.92 bits per heavy atom. The molecule has 0 saturated heterocycles. The molecule has 0 fully saturated rings. The number of nitrogens with zero attached hydrogens (tertiary/aromatic N) is 1. The van der Waals surface area contributed by atoms with Crippen molar-refractivity contribution in [2.24, 2.45) is 0 Å². The average Bonchev–Trinajstić information content (AvgIpc) is 2.55. The van der Waals surface area contributed by atoms with E-state index in [1.165, 1.54) is 0 Å². The first-order valence-electron chi connectivity index (χ1n) is 4.26. The third-order valence-corrected chi connectivity index (χ3v) is 1.69. The molecule has 1 aromatic rings. The molecule has 13 heavy (non-hydrogen) atoms. The number of likely N-dealkylation sites (N-methyl/N-ethyl adjacent to an activating group) is 1. The molecule has 0 aliphatic rings. The summed E-state index contributed by atoms with van der Waals surface area (Å²) in [5.74, 6) is -0.0492. The van der Waals surface area contributed by atoms with Gasteiger partial charge in [-0.05, 0) is 26.2 Å². The maximum Gasteiger partial charge on any atom is 0.267 e. The fraction of sp³-hybridized carbons (Fsp3) is 0.444. The number of rotatable bonds is 4. The summed E-state index contributed by atoms with van der Waals surface area (Å²) in [6.07, 6.45) is 1.74. The van der Waals surface area contributed by atoms with Crippen molar-refractivity contribution in [1.29, 1.82) is 0 Å². The molecule has 2 N–H and O–H groups in total. The Balaban J connectivity index is 2.27. The highest BCUT2D eigenvalue weighted by Crippen LogP contribution is 1.92. The van der Waals surface area contributed by atoms with E-state index < -0.39 is 0 Å². The van der Waals surface area contributed by atoms with E-state index in [1.807, 2.05) is 19.0 Å². The van der Waals surface area contributed by atoms with E-state index in [1.54, 1.807) is 18.3 Å². The number of nitrogens with one attached hydrogen (secondary N) is 2. The van der Waals surface area contributed by atoms with E-state index in [0.717, 1.165) is 6.54 Å². The third kappa shape index (κ3) is 3.29. The second-order valence-electron chi connectivity index (χ2n) is 3.14. The van der Waals surface area contributed by atoms with Gasteiger partial charge in [-0.3, -0.25) is 4.79 Å². The van der Waals surface area contributed by atoms with Gasteiger partial charge in [-0.25, -0.2) is 0 Å². The van der Waals surface area contributed by atoms with E-state index in [-0.39, 0.29) is 5.91 Å². The number of amides is 1. The summed E-state index contributed by atoms with van der Waals surface area (Å²) >= 11 is 0. The second-order valence-corrected chi connectivity index (χ2v) is 3.14. The van der Waals surface area contributed by atoms with Crippen molar-refractivity contribution in [3.8, 4) is 0 Å². The average molecular weight is 181 g/mol. The molecule has 0 aromatic carbocycles. The smallest absolute Gasteiger partial charge is 0.267 e. The van der Waals surface area contributed by atoms with E-state index in [0.29, 0.717) is 12.2 Å². The molecule has 4 nitrogen and oxygen atoms in total. The largest absolute Gasteiger partial charge is 0.357 e. The van der Waals surface area contributed by atoms with Crippen LogP contribution in [0.4, 0.5) is 0 Å². The predicted molar refractivity (Wildman–Crippen MR) is 51.7 cm³/mol. The molecule has 0 aliphatic carbocycles. The van der Waals surface area contributed by atoms with Crippen LogP contribution >= 0.6 is 0 Å². The number of hydrogen-bond acceptors (Lipinski definition) is 2. The lowest BCUT2D eigenvalue weighted by atomic mass is 10.4. The number of H-pyrrole nitrogens is 1. The molecule has 0 radical (unpaired) electrons. The Morgan fingerprint density at radius 1 is 1.62 bits per heavy atom. The molecule has 0 atom stereocenters. The highest BCUT2D eigenvalue weighted by atomic mass is 16.1. The first-order chi connectivity index (χ1) is 6.20. The van der Waals surface area contributed by atoms with Crippen LogP contribution in [0.1, 0.15) is 10.5 Å². The Bertz CT molecular complexity index is 254. The lowest BCUT2D eigenvalue weighted by Gasteiger charge is -2.09. The first kappa shape index (κ1) is 9.80. The van der Waals surface area contributed by atoms with Crippen LogP contribution in [0.5, 0.6) is 0 Å². The molecule has 0 unspecified atom stereocenters. The standard InChI is InChI=1S/C9H15N3O/c1-12(2)7-6-11-9(13)8-4-3-5-10-8/h3-5,10H,6-7H2,1-2H3,(H,11,13). The van der Waals surface area contributed by atoms with Gasteiger partial charge in [0.25, 0.3) is 5.91 Å². The maximum absolute atomic E-state index is 11.3. The van der Waals surface area contributed by atoms with Crippen molar-refractivity contribution < 1.29 is 4.79 Å². The van der Waals surface area contributed by atoms with Gasteiger partial charge in [-0.15, -0.1) is 0 Å². The van der Waals surface area contributed by atoms with Gasteiger partial charge in [0.15, 0.2) is 0 Å². The summed E-state index contributed by atoms with van der Waals surface area (Å²) in [5, 5.41) is 2.80. The van der Waals surface area contributed by atoms with Gasteiger partial charge in [0.2, 0.25) is 0 Å². The quantitative estimate of drug-likeness (QED) is 0.702. The SMILES string of the molecule is CN(C)CCNC(=O)c1ccc[nH]1. The van der Waals surface area contributed by atoms with E-state index in [2.05, 4.69) is 10.3 Å². The normalized spacial score (nSPS) is 10.4. The summed E-state index contributed by atoms with van der Waals surface area (Å²) < 4.78 is 0. The lowest BCUT2D eigenvalue weighted by molar-refractivity contribution is 0.0946. The third-order valence-electron chi connectivity index (χ3n) is 1.69. The summed E-state index contributed by atoms with van der Waals surface area (Å²) in [5.41, 5.74) is 0.610. The first-order valence-corrected chi connectivity index (χ1v) is 4.26. The number of aromatic amines is 1. The minimum Gasteiger partial charge on any atom is -0.357 e. The Kier molecular flexibility index (Phi) is 3.52. The van der Waals surface area contributed by atoms with Crippen LogP contribution in [-0.4, -0.2) is 43.0 Å². The number of carbonyl (C=O) groups excluding carboxylic acids is 1. The minimum absolute atomic E-state index is 0.0492. The molecule has 0 spiro atoms. The number of carbonyl (C=O) groups is 1. The van der Waals surface area contributed by atoms with Crippen molar-refractivity contribution in [1.82, 2.24) is 15.2 Å². The molecule has 1 aromatic heterocycles. The summed E-state index contributed by atoms with van der Waals surface area (Å²) in [6.45, 7) is 1.53. The molecular weight excluding hydrogens is 166 g/mol. The summed E-state index contributed by atoms with van der Waals surface area (Å²) in [6, 6.07) is 3.56. The molecular formula is C9H15N3O. The molecule has 72 valence electrons. The van der Waals surface area contributed by atoms with Crippen LogP contribution in [-0.2, 0) is 0 Å². The van der Waals surface area contributed by atoms with Gasteiger partial charge < -0.3 is 15.2 Å². The molecule has 4 heteroatoms. The van der Waals surface area contributed by atoms with Crippen molar-refractivity contribution >= 4 is 5.91 Å². The predicted octanol–water partition coefficient (Wildman–Crippen LogP) is 0.306. The summed E-state index contributed by atoms with van der Waals surface area (Å²) in [7, 11) is 3.95. The summed E-state index contributed by atoms with van der Waals surface area (Å²) in [4.78, 5) is 16.2. The Morgan fingerprint density at radius 2 is 2.38 bits per heavy atom. The zero-order chi connectivity index (χ0) is 9.68. The minimum atomic E-state index is -0.0492. The fourth-order valence-corrected chi connectivity index (χ4v) is 0.960. The van der Waals surface area contributed by atoms with Crippen LogP contribution in [0.25, 0.3) is 0 Å². The van der Waals surface area contributed by atoms with Crippen molar-refractivity contribution in [3.63, 3.8) is 0 Å². The number of hydrogen-bond donors (Lipinski definition) is 2. The number of aromatic nitrogens is 1. The van der Waals surface area contributed by atoms with Crippen molar-refractivity contribution in [2.75, 3.05) is 27.2 Å². The van der Waals surface area contributed by atoms with Gasteiger partial charge in [0.05, 0.1) is 0 Å². The van der Waals surface area contributed by atoms with Crippen LogP contribution in [0.2, 0.25) is 0 Å². The van der Waals surface area contributed by atoms with Gasteiger partial charge >= 0.3 is 0 Å². The molecule has 1 rings (SSSR count). The van der Waals surface area contributed by atoms with Crippen LogP contribution in [0.3, 0.4) is 0 Å². The van der Waals surface area contributed by atoms with Crippen LogP contribution < -0.4 is 5.32 Å². The van der Waals surface area contributed by atoms with Gasteiger partial charge in [0, 0.05) is 19.3 Å². The van der Waals surface area contributed by atoms with E-state index >= 15 is 0 Å². The highest BCUT2D eigenvalue weighted by Gasteiger charge is 2.03. The Labute approximate surface area is 77.9 Å². The zero-order valence-corrected chi connectivity index (χ0v) is 8.00. The Hall–Kier alpha value is -1.29. The van der Waals surface area contributed by atoms with E-state index in [4.69, 9.17) is 0 Å². The molecule has 0 aliphatic heterocycles. The van der Waals surface area contributed by atoms with Crippen molar-refractivity contribution in [3.05, 3.63) is 24.0 Å². The van der Waals surface area contributed by atoms with E-state index in [9.17, 15) is 4.79 Å². The highest BCUT2D eigenvalue weighted by molar-refractivity contribution is 5.92. The molecule has 1 amide bonds. The van der Waals surface area contributed by atoms with Gasteiger partial charge in [-0.2, -0.15) is 0 Å². The van der Waals surface area contributed by atoms with Crippen molar-refractivity contribution in [2.45, 2.75) is 0 Å². The maximum atomic E-state index is 11.3. The van der Waals surface area contributed by atoms with Gasteiger partial charge in [-0.1, -0.05) is 0 Å². The topological polar surface area (TPSA) is 48.1 Å². The lowest BCUT2D eigenvalue weighted by Crippen LogP contribution is -2.31. The molecule has 0 saturated carbocycles. The molecule has 1 heterocycles. The van der Waals surface area contributed by atoms with Crippen LogP contribution in [0, 0.1) is 0 Å². The van der Waals surface area contributed by atoms with Gasteiger partial charge in [0.1, 0.15) is 5.69 Å². The monoisotopic (exact) mass is 181 g/mol.